The first-order valence-corrected chi connectivity index (χ1v) is 8.35. The predicted molar refractivity (Wildman–Crippen MR) is 90.6 cm³/mol. The van der Waals surface area contributed by atoms with Gasteiger partial charge in [0, 0.05) is 5.75 Å². The number of aryl methyl sites for hydroxylation is 1. The van der Waals surface area contributed by atoms with E-state index in [1.165, 1.54) is 15.8 Å². The number of thioether (sulfide) groups is 1. The molecular weight excluding hydrogens is 282 g/mol. The highest BCUT2D eigenvalue weighted by atomic mass is 32.2. The summed E-state index contributed by atoms with van der Waals surface area (Å²) in [5.74, 6) is 1.06. The fourth-order valence-electron chi connectivity index (χ4n) is 1.99. The van der Waals surface area contributed by atoms with Crippen LogP contribution < -0.4 is 0 Å². The van der Waals surface area contributed by atoms with Gasteiger partial charge in [0.15, 0.2) is 4.34 Å². The number of nitrogens with zero attached hydrogens (tertiary/aromatic N) is 1. The normalized spacial score (nSPS) is 10.8. The van der Waals surface area contributed by atoms with Crippen molar-refractivity contribution in [2.75, 3.05) is 5.75 Å². The van der Waals surface area contributed by atoms with Crippen LogP contribution in [0.1, 0.15) is 11.1 Å². The molecule has 0 fully saturated rings. The van der Waals surface area contributed by atoms with Crippen LogP contribution in [0.4, 0.5) is 0 Å². The zero-order chi connectivity index (χ0) is 13.8. The first kappa shape index (κ1) is 13.4. The van der Waals surface area contributed by atoms with Crippen LogP contribution in [0.5, 0.6) is 0 Å². The molecule has 0 spiro atoms. The number of fused-ring (bicyclic) bond motifs is 1. The van der Waals surface area contributed by atoms with E-state index in [0.717, 1.165) is 22.0 Å². The van der Waals surface area contributed by atoms with Crippen LogP contribution in [-0.4, -0.2) is 10.7 Å². The number of thiazole rings is 1. The fourth-order valence-corrected chi connectivity index (χ4v) is 4.12. The Kier molecular flexibility index (Phi) is 4.19. The van der Waals surface area contributed by atoms with E-state index < -0.39 is 0 Å². The molecule has 1 aromatic heterocycles. The molecule has 3 aromatic rings. The summed E-state index contributed by atoms with van der Waals surface area (Å²) in [6, 6.07) is 16.9. The minimum Gasteiger partial charge on any atom is -0.230 e. The maximum Gasteiger partial charge on any atom is 0.151 e. The van der Waals surface area contributed by atoms with Gasteiger partial charge in [-0.25, -0.2) is 4.98 Å². The largest absolute Gasteiger partial charge is 0.230 e. The maximum atomic E-state index is 4.64. The lowest BCUT2D eigenvalue weighted by Gasteiger charge is -2.00. The maximum absolute atomic E-state index is 4.64. The SMILES string of the molecule is C=Cc1ccc(CCSc2nc3ccccc3s2)cc1. The van der Waals surface area contributed by atoms with Crippen LogP contribution in [-0.2, 0) is 6.42 Å². The molecular formula is C17H15NS2. The van der Waals surface area contributed by atoms with Crippen LogP contribution in [0.2, 0.25) is 0 Å². The van der Waals surface area contributed by atoms with Crippen LogP contribution >= 0.6 is 23.1 Å². The van der Waals surface area contributed by atoms with Gasteiger partial charge in [0.1, 0.15) is 0 Å². The molecule has 0 bridgehead atoms. The second kappa shape index (κ2) is 6.25. The van der Waals surface area contributed by atoms with Crippen LogP contribution in [0, 0.1) is 0 Å². The highest BCUT2D eigenvalue weighted by molar-refractivity contribution is 8.01. The average molecular weight is 297 g/mol. The van der Waals surface area contributed by atoms with Gasteiger partial charge in [-0.2, -0.15) is 0 Å². The highest BCUT2D eigenvalue weighted by Crippen LogP contribution is 2.29. The molecule has 3 heteroatoms. The summed E-state index contributed by atoms with van der Waals surface area (Å²) >= 11 is 3.62. The second-order valence-corrected chi connectivity index (χ2v) is 6.86. The Balaban J connectivity index is 1.60. The third kappa shape index (κ3) is 3.11. The third-order valence-electron chi connectivity index (χ3n) is 3.11. The smallest absolute Gasteiger partial charge is 0.151 e. The van der Waals surface area contributed by atoms with Crippen LogP contribution in [0.25, 0.3) is 16.3 Å². The van der Waals surface area contributed by atoms with E-state index in [2.05, 4.69) is 54.0 Å². The molecule has 0 unspecified atom stereocenters. The van der Waals surface area contributed by atoms with Crippen LogP contribution in [0.15, 0.2) is 59.4 Å². The Bertz CT molecular complexity index is 680. The molecule has 0 saturated carbocycles. The molecule has 0 amide bonds. The molecule has 100 valence electrons. The zero-order valence-corrected chi connectivity index (χ0v) is 12.7. The summed E-state index contributed by atoms with van der Waals surface area (Å²) in [5, 5.41) is 0. The standard InChI is InChI=1S/C17H15NS2/c1-2-13-7-9-14(10-8-13)11-12-19-17-18-15-5-3-4-6-16(15)20-17/h2-10H,1,11-12H2. The van der Waals surface area contributed by atoms with Crippen LogP contribution in [0.3, 0.4) is 0 Å². The van der Waals surface area contributed by atoms with Gasteiger partial charge < -0.3 is 0 Å². The molecule has 20 heavy (non-hydrogen) atoms. The molecule has 0 aliphatic carbocycles. The third-order valence-corrected chi connectivity index (χ3v) is 5.29. The van der Waals surface area contributed by atoms with Gasteiger partial charge in [-0.15, -0.1) is 11.3 Å². The molecule has 1 heterocycles. The first-order chi connectivity index (χ1) is 9.85. The highest BCUT2D eigenvalue weighted by Gasteiger charge is 2.03. The topological polar surface area (TPSA) is 12.9 Å². The van der Waals surface area contributed by atoms with Crippen molar-refractivity contribution in [1.82, 2.24) is 4.98 Å². The number of hydrogen-bond donors (Lipinski definition) is 0. The predicted octanol–water partition coefficient (Wildman–Crippen LogP) is 5.27. The van der Waals surface area contributed by atoms with E-state index in [0.29, 0.717) is 0 Å². The molecule has 0 saturated heterocycles. The van der Waals surface area contributed by atoms with E-state index in [1.807, 2.05) is 23.9 Å². The Hall–Kier alpha value is -1.58. The van der Waals surface area contributed by atoms with Gasteiger partial charge in [0.25, 0.3) is 0 Å². The van der Waals surface area contributed by atoms with E-state index in [-0.39, 0.29) is 0 Å². The molecule has 2 aromatic carbocycles. The fraction of sp³-hybridized carbons (Fsp3) is 0.118. The summed E-state index contributed by atoms with van der Waals surface area (Å²) in [7, 11) is 0. The Labute approximate surface area is 127 Å². The Morgan fingerprint density at radius 1 is 1.10 bits per heavy atom. The minimum absolute atomic E-state index is 1.06. The molecule has 0 aliphatic heterocycles. The van der Waals surface area contributed by atoms with Crippen molar-refractivity contribution in [2.24, 2.45) is 0 Å². The van der Waals surface area contributed by atoms with Crippen molar-refractivity contribution in [1.29, 1.82) is 0 Å². The second-order valence-electron chi connectivity index (χ2n) is 4.49. The number of rotatable bonds is 5. The molecule has 0 aliphatic rings. The van der Waals surface area contributed by atoms with Crippen molar-refractivity contribution in [3.63, 3.8) is 0 Å². The minimum atomic E-state index is 1.06. The number of para-hydroxylation sites is 1. The van der Waals surface area contributed by atoms with Gasteiger partial charge in [-0.3, -0.25) is 0 Å². The quantitative estimate of drug-likeness (QED) is 0.595. The summed E-state index contributed by atoms with van der Waals surface area (Å²) < 4.78 is 2.43. The van der Waals surface area contributed by atoms with E-state index in [4.69, 9.17) is 0 Å². The molecule has 0 N–H and O–H groups in total. The molecule has 1 nitrogen and oxygen atoms in total. The van der Waals surface area contributed by atoms with Crippen molar-refractivity contribution in [2.45, 2.75) is 10.8 Å². The number of benzene rings is 2. The van der Waals surface area contributed by atoms with Gasteiger partial charge in [-0.05, 0) is 29.7 Å². The number of hydrogen-bond acceptors (Lipinski definition) is 3. The Morgan fingerprint density at radius 2 is 1.90 bits per heavy atom. The van der Waals surface area contributed by atoms with Crippen molar-refractivity contribution in [3.8, 4) is 0 Å². The van der Waals surface area contributed by atoms with Gasteiger partial charge >= 0.3 is 0 Å². The van der Waals surface area contributed by atoms with Crippen molar-refractivity contribution < 1.29 is 0 Å². The lowest BCUT2D eigenvalue weighted by atomic mass is 10.1. The van der Waals surface area contributed by atoms with Gasteiger partial charge in [0.05, 0.1) is 10.2 Å². The first-order valence-electron chi connectivity index (χ1n) is 6.55. The number of aromatic nitrogens is 1. The van der Waals surface area contributed by atoms with Gasteiger partial charge in [0.2, 0.25) is 0 Å². The molecule has 0 atom stereocenters. The monoisotopic (exact) mass is 297 g/mol. The summed E-state index contributed by atoms with van der Waals surface area (Å²) in [6.45, 7) is 3.77. The summed E-state index contributed by atoms with van der Waals surface area (Å²) in [5.41, 5.74) is 3.65. The van der Waals surface area contributed by atoms with E-state index >= 15 is 0 Å². The van der Waals surface area contributed by atoms with Crippen molar-refractivity contribution in [3.05, 3.63) is 66.2 Å². The van der Waals surface area contributed by atoms with E-state index in [1.54, 1.807) is 11.3 Å². The molecule has 3 rings (SSSR count). The van der Waals surface area contributed by atoms with Gasteiger partial charge in [-0.1, -0.05) is 60.8 Å². The lowest BCUT2D eigenvalue weighted by molar-refractivity contribution is 1.15. The Morgan fingerprint density at radius 3 is 2.65 bits per heavy atom. The van der Waals surface area contributed by atoms with E-state index in [9.17, 15) is 0 Å². The summed E-state index contributed by atoms with van der Waals surface area (Å²) in [4.78, 5) is 4.64. The average Bonchev–Trinajstić information content (AvgIpc) is 2.90. The zero-order valence-electron chi connectivity index (χ0n) is 11.1. The lowest BCUT2D eigenvalue weighted by Crippen LogP contribution is -1.88. The molecule has 0 radical (unpaired) electrons. The van der Waals surface area contributed by atoms with Crippen molar-refractivity contribution >= 4 is 39.4 Å². The summed E-state index contributed by atoms with van der Waals surface area (Å²) in [6.07, 6.45) is 2.94.